The van der Waals surface area contributed by atoms with E-state index in [1.165, 1.54) is 6.08 Å². The van der Waals surface area contributed by atoms with Crippen LogP contribution in [0.5, 0.6) is 0 Å². The zero-order valence-electron chi connectivity index (χ0n) is 6.90. The molecule has 1 aliphatic heterocycles. The standard InChI is InChI=1S/C11H7NO/c12-8-2-4-10-7-6-9-3-1-5-11(9)13-10/h1-7H. The summed E-state index contributed by atoms with van der Waals surface area (Å²) in [4.78, 5) is 0. The second-order valence-corrected chi connectivity index (χ2v) is 2.65. The maximum absolute atomic E-state index is 8.32. The first-order valence-corrected chi connectivity index (χ1v) is 3.95. The van der Waals surface area contributed by atoms with Crippen LogP contribution in [0.2, 0.25) is 0 Å². The lowest BCUT2D eigenvalue weighted by atomic mass is 10.2. The highest BCUT2D eigenvalue weighted by atomic mass is 16.3. The van der Waals surface area contributed by atoms with Crippen molar-refractivity contribution in [2.45, 2.75) is 0 Å². The van der Waals surface area contributed by atoms with E-state index in [2.05, 4.69) is 0 Å². The Morgan fingerprint density at radius 1 is 1.23 bits per heavy atom. The molecule has 2 aliphatic rings. The topological polar surface area (TPSA) is 36.9 Å². The number of nitrogens with zero attached hydrogens (tertiary/aromatic N) is 1. The molecule has 2 rings (SSSR count). The van der Waals surface area contributed by atoms with E-state index < -0.39 is 0 Å². The fraction of sp³-hybridized carbons (Fsp3) is 0. The number of rotatable bonds is 1. The minimum atomic E-state index is 0.695. The Hall–Kier alpha value is -2.01. The Bertz CT molecular complexity index is 448. The van der Waals surface area contributed by atoms with Crippen molar-refractivity contribution in [3.8, 4) is 17.4 Å². The van der Waals surface area contributed by atoms with E-state index in [4.69, 9.17) is 9.68 Å². The molecule has 1 heterocycles. The lowest BCUT2D eigenvalue weighted by molar-refractivity contribution is 0.556. The van der Waals surface area contributed by atoms with Crippen LogP contribution in [0.1, 0.15) is 5.76 Å². The van der Waals surface area contributed by atoms with Crippen molar-refractivity contribution < 1.29 is 4.42 Å². The predicted molar refractivity (Wildman–Crippen MR) is 50.0 cm³/mol. The number of nitriles is 1. The van der Waals surface area contributed by atoms with E-state index >= 15 is 0 Å². The Kier molecular flexibility index (Phi) is 1.85. The van der Waals surface area contributed by atoms with E-state index in [-0.39, 0.29) is 0 Å². The molecule has 0 fully saturated rings. The maximum atomic E-state index is 8.32. The monoisotopic (exact) mass is 169 g/mol. The second kappa shape index (κ2) is 3.16. The first kappa shape index (κ1) is 7.63. The molecule has 0 radical (unpaired) electrons. The third-order valence-electron chi connectivity index (χ3n) is 1.79. The molecule has 2 heteroatoms. The summed E-state index contributed by atoms with van der Waals surface area (Å²) in [6, 6.07) is 11.6. The van der Waals surface area contributed by atoms with Gasteiger partial charge in [0.15, 0.2) is 0 Å². The molecule has 2 nitrogen and oxygen atoms in total. The highest BCUT2D eigenvalue weighted by Crippen LogP contribution is 2.24. The van der Waals surface area contributed by atoms with E-state index in [9.17, 15) is 0 Å². The Morgan fingerprint density at radius 2 is 2.15 bits per heavy atom. The molecule has 0 spiro atoms. The van der Waals surface area contributed by atoms with Gasteiger partial charge in [0.2, 0.25) is 0 Å². The molecule has 0 aromatic rings. The molecular formula is C11H7NO. The molecule has 0 aromatic heterocycles. The van der Waals surface area contributed by atoms with Crippen LogP contribution in [0.25, 0.3) is 17.4 Å². The molecule has 13 heavy (non-hydrogen) atoms. The zero-order valence-corrected chi connectivity index (χ0v) is 6.90. The van der Waals surface area contributed by atoms with E-state index in [0.717, 1.165) is 11.3 Å². The van der Waals surface area contributed by atoms with Crippen LogP contribution in [-0.4, -0.2) is 0 Å². The second-order valence-electron chi connectivity index (χ2n) is 2.65. The van der Waals surface area contributed by atoms with Crippen molar-refractivity contribution in [1.82, 2.24) is 0 Å². The van der Waals surface area contributed by atoms with Gasteiger partial charge < -0.3 is 4.42 Å². The van der Waals surface area contributed by atoms with Crippen LogP contribution in [0.3, 0.4) is 0 Å². The normalized spacial score (nSPS) is 10.7. The summed E-state index contributed by atoms with van der Waals surface area (Å²) < 4.78 is 5.47. The van der Waals surface area contributed by atoms with Crippen molar-refractivity contribution >= 4 is 6.08 Å². The predicted octanol–water partition coefficient (Wildman–Crippen LogP) is 2.92. The van der Waals surface area contributed by atoms with Crippen LogP contribution < -0.4 is 0 Å². The third kappa shape index (κ3) is 1.45. The highest BCUT2D eigenvalue weighted by Gasteiger charge is 2.02. The van der Waals surface area contributed by atoms with Crippen molar-refractivity contribution in [1.29, 1.82) is 5.26 Å². The van der Waals surface area contributed by atoms with E-state index in [1.807, 2.05) is 36.4 Å². The minimum Gasteiger partial charge on any atom is -0.457 e. The van der Waals surface area contributed by atoms with Crippen LogP contribution in [-0.2, 0) is 0 Å². The molecule has 1 aliphatic carbocycles. The van der Waals surface area contributed by atoms with Crippen molar-refractivity contribution in [2.24, 2.45) is 0 Å². The Labute approximate surface area is 76.1 Å². The summed E-state index contributed by atoms with van der Waals surface area (Å²) in [6.45, 7) is 0. The summed E-state index contributed by atoms with van der Waals surface area (Å²) in [6.07, 6.45) is 3.04. The minimum absolute atomic E-state index is 0.695. The summed E-state index contributed by atoms with van der Waals surface area (Å²) in [5, 5.41) is 8.32. The summed E-state index contributed by atoms with van der Waals surface area (Å²) in [5.74, 6) is 1.54. The molecular weight excluding hydrogens is 162 g/mol. The van der Waals surface area contributed by atoms with Crippen molar-refractivity contribution in [2.75, 3.05) is 0 Å². The number of fused-ring (bicyclic) bond motifs is 1. The third-order valence-corrected chi connectivity index (χ3v) is 1.79. The highest BCUT2D eigenvalue weighted by molar-refractivity contribution is 5.62. The SMILES string of the molecule is N#CC=Cc1ccc2cccc-2o1. The van der Waals surface area contributed by atoms with Crippen LogP contribution >= 0.6 is 0 Å². The largest absolute Gasteiger partial charge is 0.457 e. The summed E-state index contributed by atoms with van der Waals surface area (Å²) >= 11 is 0. The lowest BCUT2D eigenvalue weighted by Gasteiger charge is -1.98. The average molecular weight is 169 g/mol. The summed E-state index contributed by atoms with van der Waals surface area (Å²) in [5.41, 5.74) is 1.08. The lowest BCUT2D eigenvalue weighted by Crippen LogP contribution is -1.75. The van der Waals surface area contributed by atoms with Gasteiger partial charge in [-0.2, -0.15) is 5.26 Å². The van der Waals surface area contributed by atoms with Gasteiger partial charge in [-0.1, -0.05) is 12.1 Å². The number of allylic oxidation sites excluding steroid dienone is 1. The fourth-order valence-electron chi connectivity index (χ4n) is 1.19. The molecule has 0 amide bonds. The van der Waals surface area contributed by atoms with Gasteiger partial charge in [0, 0.05) is 11.6 Å². The average Bonchev–Trinajstić information content (AvgIpc) is 2.61. The molecule has 0 bridgehead atoms. The van der Waals surface area contributed by atoms with Gasteiger partial charge in [-0.3, -0.25) is 0 Å². The first-order chi connectivity index (χ1) is 6.40. The fourth-order valence-corrected chi connectivity index (χ4v) is 1.19. The van der Waals surface area contributed by atoms with Gasteiger partial charge in [-0.05, 0) is 24.3 Å². The number of hydrogen-bond donors (Lipinski definition) is 0. The van der Waals surface area contributed by atoms with Crippen molar-refractivity contribution in [3.63, 3.8) is 0 Å². The molecule has 0 saturated carbocycles. The first-order valence-electron chi connectivity index (χ1n) is 3.95. The van der Waals surface area contributed by atoms with E-state index in [0.29, 0.717) is 5.76 Å². The van der Waals surface area contributed by atoms with Gasteiger partial charge in [0.25, 0.3) is 0 Å². The smallest absolute Gasteiger partial charge is 0.134 e. The zero-order chi connectivity index (χ0) is 9.10. The Balaban J connectivity index is 2.45. The van der Waals surface area contributed by atoms with Crippen molar-refractivity contribution in [3.05, 3.63) is 42.2 Å². The van der Waals surface area contributed by atoms with E-state index in [1.54, 1.807) is 6.08 Å². The quantitative estimate of drug-likeness (QED) is 0.615. The molecule has 0 atom stereocenters. The van der Waals surface area contributed by atoms with Gasteiger partial charge in [-0.25, -0.2) is 0 Å². The van der Waals surface area contributed by atoms with Gasteiger partial charge in [0.1, 0.15) is 11.5 Å². The van der Waals surface area contributed by atoms with Gasteiger partial charge in [0.05, 0.1) is 6.07 Å². The van der Waals surface area contributed by atoms with Gasteiger partial charge >= 0.3 is 0 Å². The van der Waals surface area contributed by atoms with Gasteiger partial charge in [-0.15, -0.1) is 0 Å². The summed E-state index contributed by atoms with van der Waals surface area (Å²) in [7, 11) is 0. The Morgan fingerprint density at radius 3 is 3.00 bits per heavy atom. The van der Waals surface area contributed by atoms with Crippen LogP contribution in [0.15, 0.2) is 40.8 Å². The maximum Gasteiger partial charge on any atom is 0.134 e. The number of hydrogen-bond acceptors (Lipinski definition) is 2. The van der Waals surface area contributed by atoms with Crippen LogP contribution in [0, 0.1) is 11.3 Å². The van der Waals surface area contributed by atoms with Crippen LogP contribution in [0.4, 0.5) is 0 Å². The molecule has 0 aromatic carbocycles. The molecule has 0 N–H and O–H groups in total. The molecule has 62 valence electrons. The molecule has 0 saturated heterocycles. The molecule has 0 unspecified atom stereocenters.